The second-order valence-electron chi connectivity index (χ2n) is 2.00. The summed E-state index contributed by atoms with van der Waals surface area (Å²) >= 11 is 0. The number of carboxylic acid groups (broad SMARTS) is 1. The SMILES string of the molecule is CC(C(O)C(=O)O)S(=O)(=O)O. The monoisotopic (exact) mass is 184 g/mol. The van der Waals surface area contributed by atoms with Crippen LogP contribution in [-0.4, -0.2) is 40.5 Å². The molecule has 6 nitrogen and oxygen atoms in total. The minimum Gasteiger partial charge on any atom is -0.479 e. The third-order valence-corrected chi connectivity index (χ3v) is 2.36. The lowest BCUT2D eigenvalue weighted by Crippen LogP contribution is -2.37. The standard InChI is InChI=1S/C4H8O6S/c1-2(11(8,9)10)3(5)4(6)7/h2-3,5H,1H3,(H,6,7)(H,8,9,10). The molecule has 0 spiro atoms. The molecule has 0 saturated carbocycles. The molecule has 0 aromatic rings. The molecule has 7 heteroatoms. The Kier molecular flexibility index (Phi) is 2.97. The van der Waals surface area contributed by atoms with E-state index < -0.39 is 27.4 Å². The molecule has 0 aliphatic heterocycles. The van der Waals surface area contributed by atoms with Crippen LogP contribution in [0, 0.1) is 0 Å². The molecule has 0 amide bonds. The molecule has 0 saturated heterocycles. The van der Waals surface area contributed by atoms with Gasteiger partial charge in [-0.15, -0.1) is 0 Å². The quantitative estimate of drug-likeness (QED) is 0.470. The number of aliphatic hydroxyl groups excluding tert-OH is 1. The number of carboxylic acids is 1. The molecule has 2 atom stereocenters. The smallest absolute Gasteiger partial charge is 0.333 e. The van der Waals surface area contributed by atoms with E-state index in [9.17, 15) is 13.2 Å². The van der Waals surface area contributed by atoms with E-state index in [1.165, 1.54) is 0 Å². The number of aliphatic carboxylic acids is 1. The molecule has 0 radical (unpaired) electrons. The molecule has 3 N–H and O–H groups in total. The number of aliphatic hydroxyl groups is 1. The van der Waals surface area contributed by atoms with Gasteiger partial charge in [0.25, 0.3) is 10.1 Å². The fourth-order valence-electron chi connectivity index (χ4n) is 0.364. The van der Waals surface area contributed by atoms with Crippen molar-refractivity contribution in [1.82, 2.24) is 0 Å². The van der Waals surface area contributed by atoms with Gasteiger partial charge in [0, 0.05) is 0 Å². The third kappa shape index (κ3) is 2.83. The first kappa shape index (κ1) is 10.3. The highest BCUT2D eigenvalue weighted by molar-refractivity contribution is 7.86. The van der Waals surface area contributed by atoms with Crippen molar-refractivity contribution < 1.29 is 28.0 Å². The van der Waals surface area contributed by atoms with Crippen molar-refractivity contribution in [1.29, 1.82) is 0 Å². The van der Waals surface area contributed by atoms with Gasteiger partial charge in [0.15, 0.2) is 6.10 Å². The maximum absolute atomic E-state index is 10.2. The summed E-state index contributed by atoms with van der Waals surface area (Å²) in [6.07, 6.45) is -2.09. The van der Waals surface area contributed by atoms with E-state index in [1.54, 1.807) is 0 Å². The Labute approximate surface area is 63.2 Å². The van der Waals surface area contributed by atoms with Gasteiger partial charge in [-0.3, -0.25) is 4.55 Å². The molecule has 0 aromatic heterocycles. The van der Waals surface area contributed by atoms with Gasteiger partial charge < -0.3 is 10.2 Å². The van der Waals surface area contributed by atoms with Gasteiger partial charge in [0.05, 0.1) is 0 Å². The van der Waals surface area contributed by atoms with Gasteiger partial charge in [0.1, 0.15) is 5.25 Å². The molecule has 66 valence electrons. The highest BCUT2D eigenvalue weighted by Crippen LogP contribution is 2.03. The number of rotatable bonds is 3. The van der Waals surface area contributed by atoms with Crippen molar-refractivity contribution in [3.63, 3.8) is 0 Å². The van der Waals surface area contributed by atoms with Gasteiger partial charge in [-0.25, -0.2) is 4.79 Å². The summed E-state index contributed by atoms with van der Waals surface area (Å²) in [5.41, 5.74) is 0. The zero-order valence-electron chi connectivity index (χ0n) is 5.63. The van der Waals surface area contributed by atoms with Crippen molar-refractivity contribution in [2.45, 2.75) is 18.3 Å². The van der Waals surface area contributed by atoms with Crippen LogP contribution in [-0.2, 0) is 14.9 Å². The van der Waals surface area contributed by atoms with Gasteiger partial charge >= 0.3 is 5.97 Å². The van der Waals surface area contributed by atoms with Crippen LogP contribution in [0.4, 0.5) is 0 Å². The first-order chi connectivity index (χ1) is 4.76. The molecule has 0 aromatic carbocycles. The zero-order chi connectivity index (χ0) is 9.23. The van der Waals surface area contributed by atoms with Crippen molar-refractivity contribution >= 4 is 16.1 Å². The molecule has 0 aliphatic rings. The summed E-state index contributed by atoms with van der Waals surface area (Å²) in [5, 5.41) is 15.0. The van der Waals surface area contributed by atoms with Gasteiger partial charge in [-0.05, 0) is 6.92 Å². The molecular weight excluding hydrogens is 176 g/mol. The molecule has 0 aliphatic carbocycles. The van der Waals surface area contributed by atoms with Gasteiger partial charge in [-0.2, -0.15) is 8.42 Å². The maximum Gasteiger partial charge on any atom is 0.333 e. The summed E-state index contributed by atoms with van der Waals surface area (Å²) in [6.45, 7) is 0.897. The Hall–Kier alpha value is -0.660. The Morgan fingerprint density at radius 2 is 1.82 bits per heavy atom. The van der Waals surface area contributed by atoms with E-state index in [0.29, 0.717) is 0 Å². The van der Waals surface area contributed by atoms with Crippen molar-refractivity contribution in [3.8, 4) is 0 Å². The predicted molar refractivity (Wildman–Crippen MR) is 34.7 cm³/mol. The van der Waals surface area contributed by atoms with E-state index in [-0.39, 0.29) is 0 Å². The Balaban J connectivity index is 4.51. The Morgan fingerprint density at radius 1 is 1.45 bits per heavy atom. The van der Waals surface area contributed by atoms with Crippen LogP contribution >= 0.6 is 0 Å². The zero-order valence-corrected chi connectivity index (χ0v) is 6.45. The number of carbonyl (C=O) groups is 1. The average Bonchev–Trinajstić information content (AvgIpc) is 1.82. The average molecular weight is 184 g/mol. The highest BCUT2D eigenvalue weighted by Gasteiger charge is 2.31. The normalized spacial score (nSPS) is 17.4. The van der Waals surface area contributed by atoms with Crippen LogP contribution in [0.1, 0.15) is 6.92 Å². The van der Waals surface area contributed by atoms with E-state index in [0.717, 1.165) is 6.92 Å². The van der Waals surface area contributed by atoms with Crippen molar-refractivity contribution in [2.24, 2.45) is 0 Å². The van der Waals surface area contributed by atoms with Crippen LogP contribution in [0.5, 0.6) is 0 Å². The van der Waals surface area contributed by atoms with Crippen molar-refractivity contribution in [3.05, 3.63) is 0 Å². The third-order valence-electron chi connectivity index (χ3n) is 1.17. The second-order valence-corrected chi connectivity index (χ2v) is 3.78. The van der Waals surface area contributed by atoms with Gasteiger partial charge in [-0.1, -0.05) is 0 Å². The largest absolute Gasteiger partial charge is 0.479 e. The molecule has 0 heterocycles. The lowest BCUT2D eigenvalue weighted by atomic mass is 10.3. The van der Waals surface area contributed by atoms with E-state index in [4.69, 9.17) is 14.8 Å². The summed E-state index contributed by atoms with van der Waals surface area (Å²) in [7, 11) is -4.48. The summed E-state index contributed by atoms with van der Waals surface area (Å²) in [6, 6.07) is 0. The summed E-state index contributed by atoms with van der Waals surface area (Å²) in [5.74, 6) is -1.69. The first-order valence-electron chi connectivity index (χ1n) is 2.64. The van der Waals surface area contributed by atoms with E-state index >= 15 is 0 Å². The minimum atomic E-state index is -4.48. The molecular formula is C4H8O6S. The predicted octanol–water partition coefficient (Wildman–Crippen LogP) is -1.29. The van der Waals surface area contributed by atoms with Crippen LogP contribution in [0.2, 0.25) is 0 Å². The fourth-order valence-corrected chi connectivity index (χ4v) is 0.806. The Morgan fingerprint density at radius 3 is 1.91 bits per heavy atom. The van der Waals surface area contributed by atoms with E-state index in [1.807, 2.05) is 0 Å². The van der Waals surface area contributed by atoms with Gasteiger partial charge in [0.2, 0.25) is 0 Å². The second kappa shape index (κ2) is 3.16. The highest BCUT2D eigenvalue weighted by atomic mass is 32.2. The molecule has 0 fully saturated rings. The van der Waals surface area contributed by atoms with Crippen LogP contribution in [0.15, 0.2) is 0 Å². The number of hydrogen-bond acceptors (Lipinski definition) is 4. The molecule has 11 heavy (non-hydrogen) atoms. The Bertz CT molecular complexity index is 241. The minimum absolute atomic E-state index is 0.897. The topological polar surface area (TPSA) is 112 Å². The van der Waals surface area contributed by atoms with Crippen molar-refractivity contribution in [2.75, 3.05) is 0 Å². The summed E-state index contributed by atoms with van der Waals surface area (Å²) < 4.78 is 28.7. The van der Waals surface area contributed by atoms with E-state index in [2.05, 4.69) is 0 Å². The van der Waals surface area contributed by atoms with Crippen LogP contribution < -0.4 is 0 Å². The fraction of sp³-hybridized carbons (Fsp3) is 0.750. The van der Waals surface area contributed by atoms with Crippen LogP contribution in [0.3, 0.4) is 0 Å². The molecule has 0 bridgehead atoms. The summed E-state index contributed by atoms with van der Waals surface area (Å²) in [4.78, 5) is 9.96. The number of hydrogen-bond donors (Lipinski definition) is 3. The lowest BCUT2D eigenvalue weighted by Gasteiger charge is -2.10. The lowest BCUT2D eigenvalue weighted by molar-refractivity contribution is -0.146. The first-order valence-corrected chi connectivity index (χ1v) is 4.14. The van der Waals surface area contributed by atoms with Crippen LogP contribution in [0.25, 0.3) is 0 Å². The maximum atomic E-state index is 10.2. The molecule has 2 unspecified atom stereocenters. The molecule has 0 rings (SSSR count).